The van der Waals surface area contributed by atoms with Crippen molar-refractivity contribution in [3.05, 3.63) is 55.0 Å². The molecule has 1 amide bonds. The third-order valence-corrected chi connectivity index (χ3v) is 5.26. The van der Waals surface area contributed by atoms with Gasteiger partial charge in [0.2, 0.25) is 0 Å². The summed E-state index contributed by atoms with van der Waals surface area (Å²) in [4.78, 5) is 40.9. The molecule has 0 aromatic carbocycles. The quantitative estimate of drug-likeness (QED) is 0.789. The Kier molecular flexibility index (Phi) is 4.68. The van der Waals surface area contributed by atoms with Gasteiger partial charge >= 0.3 is 5.69 Å². The second-order valence-corrected chi connectivity index (χ2v) is 6.87. The predicted molar refractivity (Wildman–Crippen MR) is 92.4 cm³/mol. The first kappa shape index (κ1) is 16.7. The Hall–Kier alpha value is -2.19. The molecular weight excluding hydrogens is 328 g/mol. The molecule has 0 saturated carbocycles. The number of carbonyl (C=O) groups excluding carboxylic acids is 1. The van der Waals surface area contributed by atoms with Crippen molar-refractivity contribution < 1.29 is 4.79 Å². The standard InChI is InChI=1S/C16H20N4O3S/c1-17-12(10-14(21)18(2)16(17)23)11-19-5-7-20(8-6-19)15(22)13-4-3-9-24-13/h3-4,9-10H,5-8,11H2,1-2H3. The number of carbonyl (C=O) groups is 1. The lowest BCUT2D eigenvalue weighted by atomic mass is 10.2. The Labute approximate surface area is 143 Å². The highest BCUT2D eigenvalue weighted by atomic mass is 32.1. The van der Waals surface area contributed by atoms with E-state index in [-0.39, 0.29) is 17.2 Å². The van der Waals surface area contributed by atoms with Gasteiger partial charge in [-0.1, -0.05) is 6.07 Å². The maximum atomic E-state index is 12.3. The first-order valence-corrected chi connectivity index (χ1v) is 8.66. The van der Waals surface area contributed by atoms with E-state index in [9.17, 15) is 14.4 Å². The molecule has 0 radical (unpaired) electrons. The molecule has 3 heterocycles. The highest BCUT2D eigenvalue weighted by Gasteiger charge is 2.23. The first-order valence-electron chi connectivity index (χ1n) is 7.78. The first-order chi connectivity index (χ1) is 11.5. The second-order valence-electron chi connectivity index (χ2n) is 5.92. The highest BCUT2D eigenvalue weighted by Crippen LogP contribution is 2.14. The monoisotopic (exact) mass is 348 g/mol. The summed E-state index contributed by atoms with van der Waals surface area (Å²) in [5, 5.41) is 1.90. The summed E-state index contributed by atoms with van der Waals surface area (Å²) in [5.74, 6) is 0.0747. The van der Waals surface area contributed by atoms with Gasteiger partial charge in [-0.15, -0.1) is 11.3 Å². The van der Waals surface area contributed by atoms with Gasteiger partial charge in [0.1, 0.15) is 0 Å². The minimum Gasteiger partial charge on any atom is -0.335 e. The van der Waals surface area contributed by atoms with E-state index in [0.717, 1.165) is 22.5 Å². The minimum absolute atomic E-state index is 0.0747. The fourth-order valence-electron chi connectivity index (χ4n) is 2.82. The van der Waals surface area contributed by atoms with E-state index in [1.165, 1.54) is 29.0 Å². The minimum atomic E-state index is -0.316. The third kappa shape index (κ3) is 3.20. The molecule has 1 saturated heterocycles. The molecule has 24 heavy (non-hydrogen) atoms. The molecule has 0 aliphatic carbocycles. The molecular formula is C16H20N4O3S. The molecule has 2 aromatic rings. The molecule has 8 heteroatoms. The van der Waals surface area contributed by atoms with E-state index in [1.807, 2.05) is 22.4 Å². The van der Waals surface area contributed by atoms with Gasteiger partial charge in [-0.25, -0.2) is 4.79 Å². The molecule has 0 spiro atoms. The topological polar surface area (TPSA) is 67.5 Å². The summed E-state index contributed by atoms with van der Waals surface area (Å²) in [6.45, 7) is 3.27. The Morgan fingerprint density at radius 3 is 2.46 bits per heavy atom. The van der Waals surface area contributed by atoms with Crippen molar-refractivity contribution in [1.29, 1.82) is 0 Å². The van der Waals surface area contributed by atoms with Crippen LogP contribution in [-0.2, 0) is 20.6 Å². The van der Waals surface area contributed by atoms with Crippen molar-refractivity contribution in [3.8, 4) is 0 Å². The number of hydrogen-bond acceptors (Lipinski definition) is 5. The van der Waals surface area contributed by atoms with Crippen molar-refractivity contribution in [2.24, 2.45) is 14.1 Å². The van der Waals surface area contributed by atoms with Crippen molar-refractivity contribution in [1.82, 2.24) is 18.9 Å². The van der Waals surface area contributed by atoms with E-state index in [0.29, 0.717) is 25.3 Å². The van der Waals surface area contributed by atoms with E-state index < -0.39 is 0 Å². The molecule has 0 bridgehead atoms. The molecule has 2 aromatic heterocycles. The van der Waals surface area contributed by atoms with Crippen LogP contribution in [-0.4, -0.2) is 51.0 Å². The van der Waals surface area contributed by atoms with Gasteiger partial charge in [0.15, 0.2) is 0 Å². The van der Waals surface area contributed by atoms with E-state index >= 15 is 0 Å². The number of piperazine rings is 1. The molecule has 3 rings (SSSR count). The number of aromatic nitrogens is 2. The van der Waals surface area contributed by atoms with Gasteiger partial charge in [0, 0.05) is 58.6 Å². The van der Waals surface area contributed by atoms with Gasteiger partial charge in [-0.05, 0) is 11.4 Å². The summed E-state index contributed by atoms with van der Waals surface area (Å²) in [6.07, 6.45) is 0. The van der Waals surface area contributed by atoms with Crippen LogP contribution in [0.3, 0.4) is 0 Å². The van der Waals surface area contributed by atoms with E-state index in [4.69, 9.17) is 0 Å². The summed E-state index contributed by atoms with van der Waals surface area (Å²) in [7, 11) is 3.15. The lowest BCUT2D eigenvalue weighted by Crippen LogP contribution is -2.49. The van der Waals surface area contributed by atoms with Crippen LogP contribution in [0.5, 0.6) is 0 Å². The Morgan fingerprint density at radius 2 is 1.83 bits per heavy atom. The Morgan fingerprint density at radius 1 is 1.12 bits per heavy atom. The zero-order chi connectivity index (χ0) is 17.3. The molecule has 7 nitrogen and oxygen atoms in total. The van der Waals surface area contributed by atoms with Crippen LogP contribution >= 0.6 is 11.3 Å². The lowest BCUT2D eigenvalue weighted by molar-refractivity contribution is 0.0630. The van der Waals surface area contributed by atoms with Crippen molar-refractivity contribution in [3.63, 3.8) is 0 Å². The van der Waals surface area contributed by atoms with Gasteiger partial charge in [-0.3, -0.25) is 23.6 Å². The fourth-order valence-corrected chi connectivity index (χ4v) is 3.52. The second kappa shape index (κ2) is 6.74. The summed E-state index contributed by atoms with van der Waals surface area (Å²) >= 11 is 1.45. The number of rotatable bonds is 3. The van der Waals surface area contributed by atoms with Gasteiger partial charge < -0.3 is 4.90 Å². The molecule has 128 valence electrons. The third-order valence-electron chi connectivity index (χ3n) is 4.40. The zero-order valence-corrected chi connectivity index (χ0v) is 14.6. The number of thiophene rings is 1. The Bertz CT molecular complexity index is 845. The average molecular weight is 348 g/mol. The Balaban J connectivity index is 1.65. The SMILES string of the molecule is Cn1c(CN2CCN(C(=O)c3cccs3)CC2)cc(=O)n(C)c1=O. The van der Waals surface area contributed by atoms with Gasteiger partial charge in [0.25, 0.3) is 11.5 Å². The molecule has 1 fully saturated rings. The van der Waals surface area contributed by atoms with Gasteiger partial charge in [0.05, 0.1) is 4.88 Å². The summed E-state index contributed by atoms with van der Waals surface area (Å²) < 4.78 is 2.60. The van der Waals surface area contributed by atoms with Crippen molar-refractivity contribution in [2.45, 2.75) is 6.54 Å². The van der Waals surface area contributed by atoms with Crippen LogP contribution in [0, 0.1) is 0 Å². The maximum Gasteiger partial charge on any atom is 0.330 e. The summed E-state index contributed by atoms with van der Waals surface area (Å²) in [5.41, 5.74) is 0.0877. The van der Waals surface area contributed by atoms with E-state index in [1.54, 1.807) is 7.05 Å². The maximum absolute atomic E-state index is 12.3. The normalized spacial score (nSPS) is 15.7. The molecule has 0 N–H and O–H groups in total. The fraction of sp³-hybridized carbons (Fsp3) is 0.438. The van der Waals surface area contributed by atoms with Crippen LogP contribution in [0.15, 0.2) is 33.2 Å². The largest absolute Gasteiger partial charge is 0.335 e. The van der Waals surface area contributed by atoms with Crippen LogP contribution in [0.25, 0.3) is 0 Å². The van der Waals surface area contributed by atoms with Crippen LogP contribution in [0.1, 0.15) is 15.4 Å². The smallest absolute Gasteiger partial charge is 0.330 e. The molecule has 0 atom stereocenters. The van der Waals surface area contributed by atoms with Crippen molar-refractivity contribution in [2.75, 3.05) is 26.2 Å². The van der Waals surface area contributed by atoms with E-state index in [2.05, 4.69) is 4.90 Å². The summed E-state index contributed by atoms with van der Waals surface area (Å²) in [6, 6.07) is 5.23. The molecule has 1 aliphatic rings. The van der Waals surface area contributed by atoms with Crippen LogP contribution < -0.4 is 11.2 Å². The average Bonchev–Trinajstić information content (AvgIpc) is 3.12. The van der Waals surface area contributed by atoms with Gasteiger partial charge in [-0.2, -0.15) is 0 Å². The molecule has 1 aliphatic heterocycles. The van der Waals surface area contributed by atoms with Crippen LogP contribution in [0.4, 0.5) is 0 Å². The van der Waals surface area contributed by atoms with Crippen molar-refractivity contribution >= 4 is 17.2 Å². The number of amides is 1. The zero-order valence-electron chi connectivity index (χ0n) is 13.8. The molecule has 0 unspecified atom stereocenters. The van der Waals surface area contributed by atoms with Crippen LogP contribution in [0.2, 0.25) is 0 Å². The number of nitrogens with zero attached hydrogens (tertiary/aromatic N) is 4. The number of hydrogen-bond donors (Lipinski definition) is 0. The lowest BCUT2D eigenvalue weighted by Gasteiger charge is -2.34. The predicted octanol–water partition coefficient (Wildman–Crippen LogP) is 0.103. The highest BCUT2D eigenvalue weighted by molar-refractivity contribution is 7.12.